The maximum atomic E-state index is 6.27. The van der Waals surface area contributed by atoms with Gasteiger partial charge < -0.3 is 4.74 Å². The molecule has 1 aromatic rings. The average Bonchev–Trinajstić information content (AvgIpc) is 2.68. The smallest absolute Gasteiger partial charge is 0.0667 e. The molecule has 0 N–H and O–H groups in total. The summed E-state index contributed by atoms with van der Waals surface area (Å²) in [6, 6.07) is 8.87. The van der Waals surface area contributed by atoms with Crippen LogP contribution in [-0.4, -0.2) is 41.6 Å². The van der Waals surface area contributed by atoms with Crippen LogP contribution in [0.25, 0.3) is 0 Å². The van der Waals surface area contributed by atoms with Crippen molar-refractivity contribution in [1.29, 1.82) is 0 Å². The molecule has 3 aliphatic carbocycles. The number of ether oxygens (including phenoxy) is 1. The molecule has 2 fully saturated rings. The molecule has 0 spiro atoms. The Morgan fingerprint density at radius 2 is 1.88 bits per heavy atom. The van der Waals surface area contributed by atoms with E-state index in [1.165, 1.54) is 35.3 Å². The molecular formula is C22H29NOS. The van der Waals surface area contributed by atoms with E-state index in [1.54, 1.807) is 0 Å². The van der Waals surface area contributed by atoms with Crippen molar-refractivity contribution in [1.82, 2.24) is 4.90 Å². The van der Waals surface area contributed by atoms with E-state index in [0.717, 1.165) is 26.3 Å². The highest BCUT2D eigenvalue weighted by Crippen LogP contribution is 2.53. The Hall–Kier alpha value is -1.03. The Bertz CT molecular complexity index is 661. The van der Waals surface area contributed by atoms with Gasteiger partial charge in [-0.2, -0.15) is 0 Å². The minimum Gasteiger partial charge on any atom is -0.379 e. The van der Waals surface area contributed by atoms with Crippen LogP contribution in [0.5, 0.6) is 0 Å². The number of allylic oxidation sites excluding steroid dienone is 1. The summed E-state index contributed by atoms with van der Waals surface area (Å²) >= 11 is 6.27. The van der Waals surface area contributed by atoms with Crippen molar-refractivity contribution >= 4 is 17.1 Å². The van der Waals surface area contributed by atoms with Gasteiger partial charge in [0.05, 0.1) is 18.8 Å². The largest absolute Gasteiger partial charge is 0.379 e. The fourth-order valence-corrected chi connectivity index (χ4v) is 6.15. The van der Waals surface area contributed by atoms with Crippen LogP contribution in [0.4, 0.5) is 0 Å². The van der Waals surface area contributed by atoms with E-state index in [2.05, 4.69) is 55.2 Å². The predicted octanol–water partition coefficient (Wildman–Crippen LogP) is 4.41. The first kappa shape index (κ1) is 17.4. The number of thiocarbonyl (C=S) groups is 1. The van der Waals surface area contributed by atoms with Crippen LogP contribution in [0.2, 0.25) is 0 Å². The van der Waals surface area contributed by atoms with Gasteiger partial charge in [-0.1, -0.05) is 67.5 Å². The zero-order chi connectivity index (χ0) is 17.4. The second-order valence-corrected chi connectivity index (χ2v) is 8.28. The van der Waals surface area contributed by atoms with Crippen molar-refractivity contribution in [2.24, 2.45) is 17.8 Å². The molecule has 4 aliphatic rings. The van der Waals surface area contributed by atoms with Crippen LogP contribution in [0.3, 0.4) is 0 Å². The minimum atomic E-state index is -0.0131. The molecule has 25 heavy (non-hydrogen) atoms. The van der Waals surface area contributed by atoms with E-state index in [0.29, 0.717) is 17.8 Å². The van der Waals surface area contributed by atoms with Crippen LogP contribution in [0.1, 0.15) is 37.3 Å². The fraction of sp³-hybridized carbons (Fsp3) is 0.591. The number of hydrogen-bond donors (Lipinski definition) is 0. The molecule has 0 aromatic heterocycles. The van der Waals surface area contributed by atoms with Gasteiger partial charge in [0.1, 0.15) is 0 Å². The molecule has 2 nitrogen and oxygen atoms in total. The summed E-state index contributed by atoms with van der Waals surface area (Å²) in [4.78, 5) is 3.85. The fourth-order valence-electron chi connectivity index (χ4n) is 5.58. The Labute approximate surface area is 157 Å². The lowest BCUT2D eigenvalue weighted by Gasteiger charge is -2.60. The third-order valence-electron chi connectivity index (χ3n) is 6.70. The number of aryl methyl sites for hydroxylation is 1. The molecule has 0 amide bonds. The molecule has 2 bridgehead atoms. The van der Waals surface area contributed by atoms with Crippen molar-refractivity contribution in [2.75, 3.05) is 26.3 Å². The number of benzene rings is 1. The molecule has 4 unspecified atom stereocenters. The van der Waals surface area contributed by atoms with Gasteiger partial charge in [0.2, 0.25) is 0 Å². The van der Waals surface area contributed by atoms with E-state index in [-0.39, 0.29) is 5.54 Å². The van der Waals surface area contributed by atoms with Gasteiger partial charge in [-0.15, -0.1) is 0 Å². The van der Waals surface area contributed by atoms with Crippen LogP contribution in [-0.2, 0) is 4.74 Å². The standard InChI is InChI=1S/C22H29NOS/c1-3-20-17-8-10-19(11-9-17)22(20,23-12-14-24-15-13-23)21(25)18-6-4-16(2)5-7-18/h4-8,10,17,19-20H,3,9,11-15H2,1-2H3. The molecule has 1 saturated heterocycles. The maximum Gasteiger partial charge on any atom is 0.0667 e. The van der Waals surface area contributed by atoms with Crippen molar-refractivity contribution < 1.29 is 4.74 Å². The first-order chi connectivity index (χ1) is 12.2. The molecule has 1 saturated carbocycles. The monoisotopic (exact) mass is 355 g/mol. The topological polar surface area (TPSA) is 12.5 Å². The number of fused-ring (bicyclic) bond motifs is 2. The molecule has 1 aromatic carbocycles. The lowest BCUT2D eigenvalue weighted by Crippen LogP contribution is -2.69. The van der Waals surface area contributed by atoms with Gasteiger partial charge >= 0.3 is 0 Å². The zero-order valence-electron chi connectivity index (χ0n) is 15.4. The quantitative estimate of drug-likeness (QED) is 0.451. The van der Waals surface area contributed by atoms with Gasteiger partial charge in [-0.25, -0.2) is 0 Å². The summed E-state index contributed by atoms with van der Waals surface area (Å²) in [6.45, 7) is 8.15. The summed E-state index contributed by atoms with van der Waals surface area (Å²) in [6.07, 6.45) is 8.74. The van der Waals surface area contributed by atoms with Crippen molar-refractivity contribution in [2.45, 2.75) is 38.6 Å². The Balaban J connectivity index is 1.82. The summed E-state index contributed by atoms with van der Waals surface area (Å²) in [5.74, 6) is 1.82. The molecule has 3 heteroatoms. The lowest BCUT2D eigenvalue weighted by atomic mass is 9.54. The Kier molecular flexibility index (Phi) is 4.83. The van der Waals surface area contributed by atoms with Gasteiger partial charge in [0.25, 0.3) is 0 Å². The van der Waals surface area contributed by atoms with Crippen LogP contribution in [0, 0.1) is 24.7 Å². The van der Waals surface area contributed by atoms with Crippen molar-refractivity contribution in [3.63, 3.8) is 0 Å². The average molecular weight is 356 g/mol. The first-order valence-electron chi connectivity index (χ1n) is 9.80. The summed E-state index contributed by atoms with van der Waals surface area (Å²) in [5, 5.41) is 0. The van der Waals surface area contributed by atoms with Crippen molar-refractivity contribution in [3.05, 3.63) is 47.5 Å². The number of hydrogen-bond acceptors (Lipinski definition) is 3. The Morgan fingerprint density at radius 3 is 2.48 bits per heavy atom. The minimum absolute atomic E-state index is 0.0131. The van der Waals surface area contributed by atoms with Gasteiger partial charge in [-0.05, 0) is 37.2 Å². The highest BCUT2D eigenvalue weighted by Gasteiger charge is 2.57. The van der Waals surface area contributed by atoms with Crippen LogP contribution < -0.4 is 0 Å². The summed E-state index contributed by atoms with van der Waals surface area (Å²) in [7, 11) is 0. The molecule has 1 heterocycles. The third kappa shape index (κ3) is 2.72. The van der Waals surface area contributed by atoms with E-state index in [1.807, 2.05) is 0 Å². The first-order valence-corrected chi connectivity index (χ1v) is 10.2. The Morgan fingerprint density at radius 1 is 1.16 bits per heavy atom. The molecule has 0 radical (unpaired) electrons. The zero-order valence-corrected chi connectivity index (χ0v) is 16.2. The predicted molar refractivity (Wildman–Crippen MR) is 107 cm³/mol. The molecule has 5 rings (SSSR count). The highest BCUT2D eigenvalue weighted by atomic mass is 32.1. The lowest BCUT2D eigenvalue weighted by molar-refractivity contribution is -0.0608. The molecule has 1 aliphatic heterocycles. The van der Waals surface area contributed by atoms with Crippen molar-refractivity contribution in [3.8, 4) is 0 Å². The van der Waals surface area contributed by atoms with Gasteiger partial charge in [-0.3, -0.25) is 4.90 Å². The van der Waals surface area contributed by atoms with E-state index in [9.17, 15) is 0 Å². The normalized spacial score (nSPS) is 35.0. The summed E-state index contributed by atoms with van der Waals surface area (Å²) in [5.41, 5.74) is 2.52. The van der Waals surface area contributed by atoms with E-state index < -0.39 is 0 Å². The second kappa shape index (κ2) is 6.94. The molecule has 134 valence electrons. The van der Waals surface area contributed by atoms with Crippen LogP contribution in [0.15, 0.2) is 36.4 Å². The second-order valence-electron chi connectivity index (χ2n) is 7.87. The maximum absolute atomic E-state index is 6.27. The highest BCUT2D eigenvalue weighted by molar-refractivity contribution is 7.81. The molecular weight excluding hydrogens is 326 g/mol. The number of nitrogens with zero attached hydrogens (tertiary/aromatic N) is 1. The number of morpholine rings is 1. The van der Waals surface area contributed by atoms with Crippen LogP contribution >= 0.6 is 12.2 Å². The molecule has 4 atom stereocenters. The SMILES string of the molecule is CCC1C2C=CC(CC2)C1(C(=S)c1ccc(C)cc1)N1CCOCC1. The van der Waals surface area contributed by atoms with E-state index in [4.69, 9.17) is 17.0 Å². The van der Waals surface area contributed by atoms with Gasteiger partial charge in [0.15, 0.2) is 0 Å². The van der Waals surface area contributed by atoms with E-state index >= 15 is 0 Å². The summed E-state index contributed by atoms with van der Waals surface area (Å²) < 4.78 is 5.68. The van der Waals surface area contributed by atoms with Gasteiger partial charge in [0, 0.05) is 23.9 Å². The third-order valence-corrected chi connectivity index (χ3v) is 7.26. The number of rotatable bonds is 4.